The third-order valence-electron chi connectivity index (χ3n) is 5.90. The van der Waals surface area contributed by atoms with Gasteiger partial charge in [0.05, 0.1) is 25.0 Å². The van der Waals surface area contributed by atoms with Gasteiger partial charge in [0.1, 0.15) is 4.21 Å². The van der Waals surface area contributed by atoms with Crippen LogP contribution in [-0.2, 0) is 14.8 Å². The van der Waals surface area contributed by atoms with E-state index in [9.17, 15) is 13.2 Å². The monoisotopic (exact) mass is 414 g/mol. The van der Waals surface area contributed by atoms with E-state index in [1.807, 2.05) is 0 Å². The van der Waals surface area contributed by atoms with E-state index < -0.39 is 10.0 Å². The van der Waals surface area contributed by atoms with Gasteiger partial charge in [-0.25, -0.2) is 8.42 Å². The average Bonchev–Trinajstić information content (AvgIpc) is 3.22. The van der Waals surface area contributed by atoms with Gasteiger partial charge >= 0.3 is 0 Å². The van der Waals surface area contributed by atoms with Crippen molar-refractivity contribution >= 4 is 27.3 Å². The van der Waals surface area contributed by atoms with Crippen molar-refractivity contribution in [3.8, 4) is 0 Å². The molecular formula is C19H32N3O3S2+. The molecular weight excluding hydrogens is 382 g/mol. The van der Waals surface area contributed by atoms with Gasteiger partial charge in [0, 0.05) is 26.1 Å². The Morgan fingerprint density at radius 3 is 2.93 bits per heavy atom. The van der Waals surface area contributed by atoms with Crippen molar-refractivity contribution in [3.63, 3.8) is 0 Å². The van der Waals surface area contributed by atoms with Gasteiger partial charge in [-0.05, 0) is 50.5 Å². The molecule has 6 nitrogen and oxygen atoms in total. The number of hydrogen-bond acceptors (Lipinski definition) is 4. The quantitative estimate of drug-likeness (QED) is 0.657. The molecule has 27 heavy (non-hydrogen) atoms. The molecule has 1 unspecified atom stereocenters. The van der Waals surface area contributed by atoms with Gasteiger partial charge in [0.15, 0.2) is 0 Å². The lowest BCUT2D eigenvalue weighted by atomic mass is 9.99. The molecule has 0 aromatic carbocycles. The zero-order chi connectivity index (χ0) is 19.3. The Kier molecular flexibility index (Phi) is 7.30. The Hall–Kier alpha value is -0.960. The molecule has 3 rings (SSSR count). The van der Waals surface area contributed by atoms with Crippen LogP contribution in [0.3, 0.4) is 0 Å². The maximum absolute atomic E-state index is 12.7. The van der Waals surface area contributed by atoms with Crippen LogP contribution in [0.25, 0.3) is 0 Å². The van der Waals surface area contributed by atoms with Gasteiger partial charge in [-0.2, -0.15) is 4.31 Å². The molecule has 8 heteroatoms. The summed E-state index contributed by atoms with van der Waals surface area (Å²) >= 11 is 1.23. The highest BCUT2D eigenvalue weighted by atomic mass is 32.2. The molecule has 2 aliphatic heterocycles. The zero-order valence-corrected chi connectivity index (χ0v) is 17.8. The summed E-state index contributed by atoms with van der Waals surface area (Å²) in [7, 11) is -3.46. The lowest BCUT2D eigenvalue weighted by molar-refractivity contribution is -0.928. The van der Waals surface area contributed by atoms with Gasteiger partial charge in [0.25, 0.3) is 10.0 Å². The minimum Gasteiger partial charge on any atom is -0.356 e. The average molecular weight is 415 g/mol. The van der Waals surface area contributed by atoms with Crippen LogP contribution in [0, 0.1) is 5.92 Å². The van der Waals surface area contributed by atoms with Crippen LogP contribution < -0.4 is 10.2 Å². The summed E-state index contributed by atoms with van der Waals surface area (Å²) in [5.74, 6) is -0.238. The molecule has 3 heterocycles. The first-order valence-electron chi connectivity index (χ1n) is 10.1. The number of piperidine rings is 2. The molecule has 1 aromatic rings. The van der Waals surface area contributed by atoms with Crippen molar-refractivity contribution in [3.05, 3.63) is 17.5 Å². The predicted octanol–water partition coefficient (Wildman–Crippen LogP) is 1.11. The second-order valence-corrected chi connectivity index (χ2v) is 10.9. The van der Waals surface area contributed by atoms with Gasteiger partial charge in [-0.3, -0.25) is 4.79 Å². The summed E-state index contributed by atoms with van der Waals surface area (Å²) in [6.45, 7) is 6.14. The van der Waals surface area contributed by atoms with Crippen LogP contribution in [-0.4, -0.2) is 57.4 Å². The molecule has 0 bridgehead atoms. The molecule has 2 fully saturated rings. The van der Waals surface area contributed by atoms with Crippen molar-refractivity contribution in [2.45, 2.75) is 55.7 Å². The number of hydrogen-bond donors (Lipinski definition) is 2. The second kappa shape index (κ2) is 9.49. The topological polar surface area (TPSA) is 70.9 Å². The molecule has 1 aromatic heterocycles. The summed E-state index contributed by atoms with van der Waals surface area (Å²) in [6.07, 6.45) is 6.43. The maximum Gasteiger partial charge on any atom is 0.252 e. The van der Waals surface area contributed by atoms with Gasteiger partial charge in [-0.15, -0.1) is 11.3 Å². The van der Waals surface area contributed by atoms with E-state index in [1.54, 1.807) is 22.4 Å². The third-order valence-corrected chi connectivity index (χ3v) is 9.14. The van der Waals surface area contributed by atoms with E-state index in [-0.39, 0.29) is 11.8 Å². The highest BCUT2D eigenvalue weighted by Crippen LogP contribution is 2.26. The Bertz CT molecular complexity index is 706. The predicted molar refractivity (Wildman–Crippen MR) is 107 cm³/mol. The van der Waals surface area contributed by atoms with Crippen molar-refractivity contribution in [1.29, 1.82) is 0 Å². The number of nitrogens with one attached hydrogen (secondary N) is 2. The smallest absolute Gasteiger partial charge is 0.252 e. The Morgan fingerprint density at radius 2 is 2.19 bits per heavy atom. The number of carbonyl (C=O) groups is 1. The molecule has 2 saturated heterocycles. The van der Waals surface area contributed by atoms with Crippen LogP contribution in [0.1, 0.15) is 45.4 Å². The minimum atomic E-state index is -3.46. The normalized spacial score (nSPS) is 27.4. The molecule has 2 N–H and O–H groups in total. The van der Waals surface area contributed by atoms with Crippen LogP contribution in [0.4, 0.5) is 0 Å². The fraction of sp³-hybridized carbons (Fsp3) is 0.737. The van der Waals surface area contributed by atoms with Crippen LogP contribution in [0.15, 0.2) is 21.7 Å². The largest absolute Gasteiger partial charge is 0.356 e. The maximum atomic E-state index is 12.7. The number of amides is 1. The van der Waals surface area contributed by atoms with E-state index in [0.29, 0.717) is 23.8 Å². The molecule has 0 saturated carbocycles. The highest BCUT2D eigenvalue weighted by Gasteiger charge is 2.33. The number of carbonyl (C=O) groups excluding carboxylic acids is 1. The molecule has 0 aliphatic carbocycles. The minimum absolute atomic E-state index is 0.00257. The standard InChI is InChI=1S/C19H31N3O3S2/c1-16-7-2-3-11-21(16)12-6-10-20-19(23)17-8-4-13-22(15-17)27(24,25)18-9-5-14-26-18/h5,9,14,16-17H,2-4,6-8,10-13,15H2,1H3,(H,20,23)/p+1/t16-,17+/m0/s1. The van der Waals surface area contributed by atoms with Crippen molar-refractivity contribution < 1.29 is 18.1 Å². The van der Waals surface area contributed by atoms with E-state index in [2.05, 4.69) is 12.2 Å². The second-order valence-electron chi connectivity index (χ2n) is 7.83. The number of quaternary nitrogens is 1. The first-order valence-corrected chi connectivity index (χ1v) is 12.5. The molecule has 0 radical (unpaired) electrons. The molecule has 2 aliphatic rings. The first kappa shape index (κ1) is 20.8. The third kappa shape index (κ3) is 5.31. The van der Waals surface area contributed by atoms with Crippen LogP contribution >= 0.6 is 11.3 Å². The first-order chi connectivity index (χ1) is 13.0. The van der Waals surface area contributed by atoms with Gasteiger partial charge in [0.2, 0.25) is 5.91 Å². The fourth-order valence-electron chi connectivity index (χ4n) is 4.21. The van der Waals surface area contributed by atoms with Crippen LogP contribution in [0.5, 0.6) is 0 Å². The summed E-state index contributed by atoms with van der Waals surface area (Å²) in [4.78, 5) is 14.2. The van der Waals surface area contributed by atoms with E-state index in [1.165, 1.54) is 41.4 Å². The molecule has 0 spiro atoms. The van der Waals surface area contributed by atoms with Crippen molar-refractivity contribution in [1.82, 2.24) is 9.62 Å². The Balaban J connectivity index is 1.44. The van der Waals surface area contributed by atoms with Crippen molar-refractivity contribution in [2.24, 2.45) is 5.92 Å². The number of nitrogens with zero attached hydrogens (tertiary/aromatic N) is 1. The van der Waals surface area contributed by atoms with Gasteiger partial charge < -0.3 is 10.2 Å². The molecule has 3 atom stereocenters. The SMILES string of the molecule is C[C@H]1CCCC[NH+]1CCCNC(=O)[C@@H]1CCCN(S(=O)(=O)c2cccs2)C1. The van der Waals surface area contributed by atoms with E-state index in [4.69, 9.17) is 0 Å². The van der Waals surface area contributed by atoms with E-state index >= 15 is 0 Å². The lowest BCUT2D eigenvalue weighted by Crippen LogP contribution is -3.16. The number of sulfonamides is 1. The summed E-state index contributed by atoms with van der Waals surface area (Å²) in [5, 5.41) is 4.81. The number of rotatable bonds is 7. The summed E-state index contributed by atoms with van der Waals surface area (Å²) < 4.78 is 27.2. The lowest BCUT2D eigenvalue weighted by Gasteiger charge is -2.31. The summed E-state index contributed by atoms with van der Waals surface area (Å²) in [5.41, 5.74) is 0. The van der Waals surface area contributed by atoms with Crippen molar-refractivity contribution in [2.75, 3.05) is 32.7 Å². The van der Waals surface area contributed by atoms with Crippen LogP contribution in [0.2, 0.25) is 0 Å². The number of likely N-dealkylation sites (tertiary alicyclic amines) is 1. The van der Waals surface area contributed by atoms with Gasteiger partial charge in [-0.1, -0.05) is 6.07 Å². The highest BCUT2D eigenvalue weighted by molar-refractivity contribution is 7.91. The zero-order valence-electron chi connectivity index (χ0n) is 16.2. The molecule has 152 valence electrons. The van der Waals surface area contributed by atoms with E-state index in [0.717, 1.165) is 31.8 Å². The Morgan fingerprint density at radius 1 is 1.33 bits per heavy atom. The fourth-order valence-corrected chi connectivity index (χ4v) is 6.88. The number of thiophene rings is 1. The summed E-state index contributed by atoms with van der Waals surface area (Å²) in [6, 6.07) is 4.11. The Labute approximate surface area is 167 Å². The molecule has 1 amide bonds.